The van der Waals surface area contributed by atoms with E-state index < -0.39 is 60.9 Å². The van der Waals surface area contributed by atoms with E-state index in [4.69, 9.17) is 26.2 Å². The zero-order valence-corrected chi connectivity index (χ0v) is 13.9. The number of nitrogens with two attached hydrogens (primary N) is 1. The topological polar surface area (TPSA) is 216 Å². The third-order valence-electron chi connectivity index (χ3n) is 3.23. The minimum Gasteiger partial charge on any atom is -0.481 e. The van der Waals surface area contributed by atoms with E-state index in [1.807, 2.05) is 0 Å². The van der Waals surface area contributed by atoms with Crippen LogP contribution in [0.1, 0.15) is 38.5 Å². The highest BCUT2D eigenvalue weighted by molar-refractivity contribution is 5.92. The number of primary amides is 1. The maximum absolute atomic E-state index is 12.2. The summed E-state index contributed by atoms with van der Waals surface area (Å²) in [4.78, 5) is 56.5. The van der Waals surface area contributed by atoms with Gasteiger partial charge in [-0.25, -0.2) is 0 Å². The summed E-state index contributed by atoms with van der Waals surface area (Å²) in [6.45, 7) is 0. The van der Waals surface area contributed by atoms with Crippen molar-refractivity contribution < 1.29 is 44.4 Å². The van der Waals surface area contributed by atoms with Crippen molar-refractivity contribution in [3.8, 4) is 0 Å². The van der Waals surface area contributed by atoms with Crippen LogP contribution in [-0.4, -0.2) is 68.5 Å². The number of hydrogen-bond donors (Lipinski definition) is 7. The summed E-state index contributed by atoms with van der Waals surface area (Å²) < 4.78 is 0. The van der Waals surface area contributed by atoms with Crippen LogP contribution in [0.25, 0.3) is 0 Å². The second-order valence-corrected chi connectivity index (χ2v) is 5.47. The molecule has 0 aromatic rings. The molecule has 2 atom stereocenters. The number of rotatable bonds is 13. The molecule has 0 saturated carbocycles. The lowest BCUT2D eigenvalue weighted by Gasteiger charge is -2.21. The van der Waals surface area contributed by atoms with Gasteiger partial charge in [0.2, 0.25) is 17.7 Å². The number of amides is 3. The fourth-order valence-corrected chi connectivity index (χ4v) is 1.89. The molecule has 0 spiro atoms. The van der Waals surface area contributed by atoms with Gasteiger partial charge >= 0.3 is 11.9 Å². The van der Waals surface area contributed by atoms with Crippen molar-refractivity contribution in [2.75, 3.05) is 0 Å². The molecule has 0 aliphatic heterocycles. The van der Waals surface area contributed by atoms with Crippen LogP contribution in [0.3, 0.4) is 0 Å². The van der Waals surface area contributed by atoms with E-state index in [1.165, 1.54) is 0 Å². The van der Waals surface area contributed by atoms with Crippen molar-refractivity contribution in [3.63, 3.8) is 0 Å². The molecule has 0 aromatic carbocycles. The lowest BCUT2D eigenvalue weighted by atomic mass is 10.1. The van der Waals surface area contributed by atoms with Gasteiger partial charge in [0.05, 0.1) is 0 Å². The van der Waals surface area contributed by atoms with Crippen LogP contribution in [-0.2, 0) is 24.0 Å². The van der Waals surface area contributed by atoms with E-state index in [9.17, 15) is 24.0 Å². The van der Waals surface area contributed by atoms with Gasteiger partial charge in [0, 0.05) is 25.7 Å². The summed E-state index contributed by atoms with van der Waals surface area (Å²) in [5, 5.41) is 39.2. The van der Waals surface area contributed by atoms with Crippen LogP contribution < -0.4 is 16.4 Å². The lowest BCUT2D eigenvalue weighted by molar-refractivity contribution is -0.139. The van der Waals surface area contributed by atoms with Crippen molar-refractivity contribution in [2.24, 2.45) is 5.73 Å². The molecule has 3 amide bonds. The normalized spacial score (nSPS) is 12.9. The maximum Gasteiger partial charge on any atom is 0.303 e. The van der Waals surface area contributed by atoms with E-state index in [-0.39, 0.29) is 25.7 Å². The molecule has 0 aliphatic rings. The monoisotopic (exact) mass is 377 g/mol. The van der Waals surface area contributed by atoms with E-state index in [1.54, 1.807) is 0 Å². The Hall–Kier alpha value is -2.73. The van der Waals surface area contributed by atoms with Crippen LogP contribution in [0.15, 0.2) is 0 Å². The number of aliphatic carboxylic acids is 2. The number of aliphatic hydroxyl groups is 2. The Morgan fingerprint density at radius 1 is 0.769 bits per heavy atom. The van der Waals surface area contributed by atoms with Crippen molar-refractivity contribution >= 4 is 29.7 Å². The summed E-state index contributed by atoms with van der Waals surface area (Å²) >= 11 is 0. The molecule has 8 N–H and O–H groups in total. The largest absolute Gasteiger partial charge is 0.481 e. The molecule has 0 fully saturated rings. The van der Waals surface area contributed by atoms with Gasteiger partial charge < -0.3 is 36.8 Å². The number of carboxylic acids is 2. The Balaban J connectivity index is 4.93. The fraction of sp³-hybridized carbons (Fsp3) is 0.643. The number of carboxylic acid groups (broad SMARTS) is 2. The molecule has 0 saturated heterocycles. The van der Waals surface area contributed by atoms with Crippen molar-refractivity contribution in [3.05, 3.63) is 0 Å². The summed E-state index contributed by atoms with van der Waals surface area (Å²) in [7, 11) is 0. The minimum absolute atomic E-state index is 0.271. The first-order chi connectivity index (χ1) is 12.0. The second kappa shape index (κ2) is 11.8. The first-order valence-electron chi connectivity index (χ1n) is 7.71. The maximum atomic E-state index is 12.2. The molecule has 0 heterocycles. The third-order valence-corrected chi connectivity index (χ3v) is 3.23. The van der Waals surface area contributed by atoms with Crippen molar-refractivity contribution in [1.29, 1.82) is 0 Å². The molecule has 1 unspecified atom stereocenters. The van der Waals surface area contributed by atoms with Crippen LogP contribution >= 0.6 is 0 Å². The highest BCUT2D eigenvalue weighted by atomic mass is 16.5. The van der Waals surface area contributed by atoms with E-state index in [0.29, 0.717) is 0 Å². The molecular weight excluding hydrogens is 354 g/mol. The summed E-state index contributed by atoms with van der Waals surface area (Å²) in [6.07, 6.45) is -3.80. The molecule has 26 heavy (non-hydrogen) atoms. The number of aliphatic hydroxyl groups excluding tert-OH is 1. The van der Waals surface area contributed by atoms with E-state index >= 15 is 0 Å². The smallest absolute Gasteiger partial charge is 0.303 e. The van der Waals surface area contributed by atoms with Gasteiger partial charge in [-0.05, 0) is 12.8 Å². The fourth-order valence-electron chi connectivity index (χ4n) is 1.89. The van der Waals surface area contributed by atoms with E-state index in [0.717, 1.165) is 0 Å². The second-order valence-electron chi connectivity index (χ2n) is 5.47. The molecule has 0 aliphatic carbocycles. The Morgan fingerprint density at radius 2 is 1.27 bits per heavy atom. The number of nitrogens with one attached hydrogen (secondary N) is 2. The van der Waals surface area contributed by atoms with Crippen LogP contribution in [0.2, 0.25) is 0 Å². The predicted octanol–water partition coefficient (Wildman–Crippen LogP) is -2.74. The van der Waals surface area contributed by atoms with Gasteiger partial charge in [-0.3, -0.25) is 24.0 Å². The standard InChI is InChI=1S/C14H23N3O9/c15-13(25)7(1-4-10(19)20)17-14(26)8(2-5-11(21)22)16-9(18)3-6-12(23)24/h7-8,12,23-24H,1-6H2,(H2,15,25)(H,16,18)(H,17,26)(H,19,20)(H,21,22)/t7-,8?/m0/s1. The number of carbonyl (C=O) groups is 5. The Morgan fingerprint density at radius 3 is 1.69 bits per heavy atom. The predicted molar refractivity (Wildman–Crippen MR) is 84.3 cm³/mol. The Bertz CT molecular complexity index is 536. The quantitative estimate of drug-likeness (QED) is 0.165. The Kier molecular flexibility index (Phi) is 10.5. The SMILES string of the molecule is NC(=O)[C@H](CCC(=O)O)NC(=O)C(CCC(=O)O)NC(=O)CCC(O)O. The molecule has 148 valence electrons. The van der Waals surface area contributed by atoms with Crippen molar-refractivity contribution in [1.82, 2.24) is 10.6 Å². The number of hydrogen-bond acceptors (Lipinski definition) is 7. The zero-order valence-electron chi connectivity index (χ0n) is 13.9. The highest BCUT2D eigenvalue weighted by Crippen LogP contribution is 2.04. The van der Waals surface area contributed by atoms with Crippen LogP contribution in [0, 0.1) is 0 Å². The molecule has 12 nitrogen and oxygen atoms in total. The minimum atomic E-state index is -1.72. The van der Waals surface area contributed by atoms with Gasteiger partial charge in [-0.2, -0.15) is 0 Å². The zero-order chi connectivity index (χ0) is 20.3. The molecule has 0 bridgehead atoms. The molecular formula is C14H23N3O9. The molecule has 12 heteroatoms. The lowest BCUT2D eigenvalue weighted by Crippen LogP contribution is -2.53. The first-order valence-corrected chi connectivity index (χ1v) is 7.71. The van der Waals surface area contributed by atoms with Crippen LogP contribution in [0.5, 0.6) is 0 Å². The number of carbonyl (C=O) groups excluding carboxylic acids is 3. The Labute approximate surface area is 148 Å². The van der Waals surface area contributed by atoms with Gasteiger partial charge in [-0.15, -0.1) is 0 Å². The van der Waals surface area contributed by atoms with Gasteiger partial charge in [0.1, 0.15) is 12.1 Å². The molecule has 0 radical (unpaired) electrons. The van der Waals surface area contributed by atoms with Gasteiger partial charge in [-0.1, -0.05) is 0 Å². The first kappa shape index (κ1) is 23.3. The third kappa shape index (κ3) is 10.9. The van der Waals surface area contributed by atoms with Crippen molar-refractivity contribution in [2.45, 2.75) is 56.9 Å². The summed E-state index contributed by atoms with van der Waals surface area (Å²) in [5.74, 6) is -5.04. The average molecular weight is 377 g/mol. The van der Waals surface area contributed by atoms with E-state index in [2.05, 4.69) is 10.6 Å². The summed E-state index contributed by atoms with van der Waals surface area (Å²) in [5.41, 5.74) is 5.09. The highest BCUT2D eigenvalue weighted by Gasteiger charge is 2.26. The average Bonchev–Trinajstić information content (AvgIpc) is 2.52. The van der Waals surface area contributed by atoms with Crippen LogP contribution in [0.4, 0.5) is 0 Å². The summed E-state index contributed by atoms with van der Waals surface area (Å²) in [6, 6.07) is -2.62. The molecule has 0 rings (SSSR count). The van der Waals surface area contributed by atoms with Gasteiger partial charge in [0.15, 0.2) is 6.29 Å². The van der Waals surface area contributed by atoms with Gasteiger partial charge in [0.25, 0.3) is 0 Å². The molecule has 0 aromatic heterocycles.